The van der Waals surface area contributed by atoms with Gasteiger partial charge in [0.2, 0.25) is 0 Å². The van der Waals surface area contributed by atoms with E-state index in [4.69, 9.17) is 4.74 Å². The van der Waals surface area contributed by atoms with Gasteiger partial charge in [0, 0.05) is 7.11 Å². The molecule has 1 nitrogen and oxygen atoms in total. The predicted octanol–water partition coefficient (Wildman–Crippen LogP) is 7.96. The summed E-state index contributed by atoms with van der Waals surface area (Å²) < 4.78 is 5.72. The molecule has 0 N–H and O–H groups in total. The Morgan fingerprint density at radius 1 is 1.07 bits per heavy atom. The summed E-state index contributed by atoms with van der Waals surface area (Å²) in [6.07, 6.45) is 19.9. The van der Waals surface area contributed by atoms with Crippen molar-refractivity contribution in [2.75, 3.05) is 7.11 Å². The lowest BCUT2D eigenvalue weighted by molar-refractivity contribution is 0.0162. The SMILES string of the molecule is C=C(CCCC1CCC2C3CCC4CC(OC)CCC4C3=CCC12)C(C)(C)CC. The monoisotopic (exact) mass is 398 g/mol. The average Bonchev–Trinajstić information content (AvgIpc) is 3.16. The van der Waals surface area contributed by atoms with E-state index in [0.717, 1.165) is 35.5 Å². The molecule has 7 atom stereocenters. The Hall–Kier alpha value is -0.560. The Morgan fingerprint density at radius 3 is 2.62 bits per heavy atom. The van der Waals surface area contributed by atoms with Crippen LogP contribution in [0.3, 0.4) is 0 Å². The maximum atomic E-state index is 5.72. The molecule has 4 aliphatic carbocycles. The molecule has 0 saturated heterocycles. The molecule has 0 aromatic rings. The molecule has 1 heteroatoms. The van der Waals surface area contributed by atoms with Crippen LogP contribution in [0.2, 0.25) is 0 Å². The summed E-state index contributed by atoms with van der Waals surface area (Å²) in [5.74, 6) is 5.74. The Labute approximate surface area is 180 Å². The van der Waals surface area contributed by atoms with E-state index in [-0.39, 0.29) is 0 Å². The molecule has 0 aromatic carbocycles. The first-order valence-electron chi connectivity index (χ1n) is 12.9. The zero-order valence-corrected chi connectivity index (χ0v) is 19.7. The van der Waals surface area contributed by atoms with Crippen molar-refractivity contribution in [2.24, 2.45) is 40.9 Å². The minimum absolute atomic E-state index is 0.321. The van der Waals surface area contributed by atoms with Crippen LogP contribution >= 0.6 is 0 Å². The third-order valence-corrected chi connectivity index (χ3v) is 10.0. The largest absolute Gasteiger partial charge is 0.381 e. The van der Waals surface area contributed by atoms with Gasteiger partial charge in [-0.3, -0.25) is 0 Å². The lowest BCUT2D eigenvalue weighted by atomic mass is 9.57. The molecule has 3 saturated carbocycles. The van der Waals surface area contributed by atoms with Gasteiger partial charge in [0.25, 0.3) is 0 Å². The highest BCUT2D eigenvalue weighted by atomic mass is 16.5. The second-order valence-corrected chi connectivity index (χ2v) is 11.6. The topological polar surface area (TPSA) is 9.23 Å². The molecule has 29 heavy (non-hydrogen) atoms. The van der Waals surface area contributed by atoms with Gasteiger partial charge in [-0.25, -0.2) is 0 Å². The zero-order valence-electron chi connectivity index (χ0n) is 19.7. The zero-order chi connectivity index (χ0) is 20.6. The predicted molar refractivity (Wildman–Crippen MR) is 124 cm³/mol. The number of hydrogen-bond acceptors (Lipinski definition) is 1. The Kier molecular flexibility index (Phi) is 6.64. The maximum Gasteiger partial charge on any atom is 0.0574 e. The van der Waals surface area contributed by atoms with Crippen LogP contribution in [-0.4, -0.2) is 13.2 Å². The second-order valence-electron chi connectivity index (χ2n) is 11.6. The molecule has 7 unspecified atom stereocenters. The highest BCUT2D eigenvalue weighted by Gasteiger charge is 2.48. The van der Waals surface area contributed by atoms with Crippen LogP contribution in [-0.2, 0) is 4.74 Å². The van der Waals surface area contributed by atoms with Crippen LogP contribution in [0.5, 0.6) is 0 Å². The summed E-state index contributed by atoms with van der Waals surface area (Å²) in [5.41, 5.74) is 3.71. The van der Waals surface area contributed by atoms with Gasteiger partial charge in [-0.1, -0.05) is 44.6 Å². The molecule has 0 aromatic heterocycles. The van der Waals surface area contributed by atoms with Crippen molar-refractivity contribution in [3.05, 3.63) is 23.8 Å². The average molecular weight is 399 g/mol. The molecule has 0 radical (unpaired) electrons. The van der Waals surface area contributed by atoms with Crippen LogP contribution in [0.4, 0.5) is 0 Å². The number of fused-ring (bicyclic) bond motifs is 5. The van der Waals surface area contributed by atoms with E-state index in [2.05, 4.69) is 33.4 Å². The van der Waals surface area contributed by atoms with Crippen molar-refractivity contribution < 1.29 is 4.74 Å². The standard InChI is InChI=1S/C28H46O/c1-6-28(3,4)19(2)8-7-9-20-10-13-25-23(20)16-17-26-24-15-12-22(29-5)18-21(24)11-14-27(25)26/h17,20-25,27H,2,6-16,18H2,1,3-5H3. The van der Waals surface area contributed by atoms with Gasteiger partial charge in [-0.2, -0.15) is 0 Å². The highest BCUT2D eigenvalue weighted by molar-refractivity contribution is 5.22. The molecule has 0 bridgehead atoms. The Balaban J connectivity index is 1.34. The molecule has 4 aliphatic rings. The molecule has 164 valence electrons. The summed E-state index contributed by atoms with van der Waals surface area (Å²) in [7, 11) is 1.92. The van der Waals surface area contributed by atoms with Crippen molar-refractivity contribution in [2.45, 2.75) is 104 Å². The van der Waals surface area contributed by atoms with Crippen molar-refractivity contribution in [1.29, 1.82) is 0 Å². The number of ether oxygens (including phenoxy) is 1. The van der Waals surface area contributed by atoms with E-state index >= 15 is 0 Å². The summed E-state index contributed by atoms with van der Waals surface area (Å²) in [4.78, 5) is 0. The lowest BCUT2D eigenvalue weighted by Gasteiger charge is -2.48. The Morgan fingerprint density at radius 2 is 1.86 bits per heavy atom. The van der Waals surface area contributed by atoms with Gasteiger partial charge in [0.1, 0.15) is 0 Å². The van der Waals surface area contributed by atoms with Gasteiger partial charge in [0.05, 0.1) is 6.10 Å². The molecule has 4 rings (SSSR count). The quantitative estimate of drug-likeness (QED) is 0.395. The molecular weight excluding hydrogens is 352 g/mol. The second kappa shape index (κ2) is 8.89. The van der Waals surface area contributed by atoms with E-state index in [9.17, 15) is 0 Å². The minimum atomic E-state index is 0.321. The molecule has 0 spiro atoms. The molecule has 0 aliphatic heterocycles. The van der Waals surface area contributed by atoms with Crippen molar-refractivity contribution in [3.8, 4) is 0 Å². The summed E-state index contributed by atoms with van der Waals surface area (Å²) in [5, 5.41) is 0. The first-order valence-corrected chi connectivity index (χ1v) is 12.9. The van der Waals surface area contributed by atoms with E-state index in [1.54, 1.807) is 0 Å². The van der Waals surface area contributed by atoms with E-state index < -0.39 is 0 Å². The molecular formula is C28H46O. The fourth-order valence-corrected chi connectivity index (χ4v) is 7.64. The summed E-state index contributed by atoms with van der Waals surface area (Å²) in [6, 6.07) is 0. The smallest absolute Gasteiger partial charge is 0.0574 e. The van der Waals surface area contributed by atoms with Crippen LogP contribution in [0.25, 0.3) is 0 Å². The van der Waals surface area contributed by atoms with Crippen molar-refractivity contribution >= 4 is 0 Å². The van der Waals surface area contributed by atoms with Crippen molar-refractivity contribution in [1.82, 2.24) is 0 Å². The highest BCUT2D eigenvalue weighted by Crippen LogP contribution is 2.57. The fourth-order valence-electron chi connectivity index (χ4n) is 7.64. The lowest BCUT2D eigenvalue weighted by Crippen LogP contribution is -2.40. The Bertz CT molecular complexity index is 614. The third-order valence-electron chi connectivity index (χ3n) is 10.0. The van der Waals surface area contributed by atoms with Gasteiger partial charge in [-0.15, -0.1) is 0 Å². The van der Waals surface area contributed by atoms with E-state index in [1.807, 2.05) is 12.7 Å². The first kappa shape index (κ1) is 21.7. The minimum Gasteiger partial charge on any atom is -0.381 e. The van der Waals surface area contributed by atoms with Gasteiger partial charge in [0.15, 0.2) is 0 Å². The summed E-state index contributed by atoms with van der Waals surface area (Å²) >= 11 is 0. The number of methoxy groups -OCH3 is 1. The van der Waals surface area contributed by atoms with E-state index in [0.29, 0.717) is 11.5 Å². The van der Waals surface area contributed by atoms with E-state index in [1.165, 1.54) is 82.6 Å². The van der Waals surface area contributed by atoms with Crippen LogP contribution in [0.15, 0.2) is 23.8 Å². The maximum absolute atomic E-state index is 5.72. The van der Waals surface area contributed by atoms with Gasteiger partial charge in [-0.05, 0) is 118 Å². The number of rotatable bonds is 7. The third kappa shape index (κ3) is 4.28. The van der Waals surface area contributed by atoms with Crippen molar-refractivity contribution in [3.63, 3.8) is 0 Å². The fraction of sp³-hybridized carbons (Fsp3) is 0.857. The van der Waals surface area contributed by atoms with Crippen LogP contribution in [0, 0.1) is 40.9 Å². The van der Waals surface area contributed by atoms with Gasteiger partial charge >= 0.3 is 0 Å². The molecule has 0 amide bonds. The normalized spacial score (nSPS) is 39.3. The van der Waals surface area contributed by atoms with Crippen LogP contribution < -0.4 is 0 Å². The molecule has 3 fully saturated rings. The first-order chi connectivity index (χ1) is 13.9. The number of allylic oxidation sites excluding steroid dienone is 3. The molecule has 0 heterocycles. The number of hydrogen-bond donors (Lipinski definition) is 0. The van der Waals surface area contributed by atoms with Gasteiger partial charge < -0.3 is 4.74 Å². The summed E-state index contributed by atoms with van der Waals surface area (Å²) in [6.45, 7) is 11.5. The van der Waals surface area contributed by atoms with Crippen LogP contribution in [0.1, 0.15) is 97.8 Å².